The highest BCUT2D eigenvalue weighted by molar-refractivity contribution is 4.79. The number of alkyl halides is 4. The third-order valence-corrected chi connectivity index (χ3v) is 2.02. The van der Waals surface area contributed by atoms with Gasteiger partial charge >= 0.3 is 6.18 Å². The Balaban J connectivity index is 2.33. The number of β-amino-alcohol motifs (C(OH)–C–C–N with tert-alkyl or cyclic N) is 1. The van der Waals surface area contributed by atoms with Crippen molar-refractivity contribution >= 4 is 0 Å². The highest BCUT2D eigenvalue weighted by Gasteiger charge is 2.41. The normalized spacial score (nSPS) is 27.9. The van der Waals surface area contributed by atoms with Crippen LogP contribution in [0, 0.1) is 0 Å². The molecule has 6 heteroatoms. The molecule has 0 spiro atoms. The third-order valence-electron chi connectivity index (χ3n) is 2.02. The lowest BCUT2D eigenvalue weighted by Gasteiger charge is -2.19. The number of likely N-dealkylation sites (tertiary alicyclic amines) is 1. The molecule has 1 fully saturated rings. The summed E-state index contributed by atoms with van der Waals surface area (Å²) in [6, 6.07) is 0. The van der Waals surface area contributed by atoms with Crippen LogP contribution in [-0.4, -0.2) is 48.1 Å². The fourth-order valence-electron chi connectivity index (χ4n) is 1.31. The van der Waals surface area contributed by atoms with Crippen LogP contribution in [0.15, 0.2) is 0 Å². The Morgan fingerprint density at radius 3 is 2.46 bits per heavy atom. The van der Waals surface area contributed by atoms with Gasteiger partial charge in [0.05, 0.1) is 6.10 Å². The van der Waals surface area contributed by atoms with Crippen LogP contribution in [0.4, 0.5) is 17.6 Å². The lowest BCUT2D eigenvalue weighted by atomic mass is 10.3. The maximum Gasteiger partial charge on any atom is 0.420 e. The van der Waals surface area contributed by atoms with E-state index in [0.29, 0.717) is 13.0 Å². The molecular weight excluding hydrogens is 190 g/mol. The molecule has 1 N–H and O–H groups in total. The van der Waals surface area contributed by atoms with E-state index < -0.39 is 25.0 Å². The number of nitrogens with zero attached hydrogens (tertiary/aromatic N) is 1. The second kappa shape index (κ2) is 3.79. The van der Waals surface area contributed by atoms with Gasteiger partial charge in [-0.1, -0.05) is 0 Å². The molecule has 1 saturated heterocycles. The topological polar surface area (TPSA) is 23.5 Å². The minimum absolute atomic E-state index is 0.135. The third kappa shape index (κ3) is 3.11. The average Bonchev–Trinajstić information content (AvgIpc) is 2.33. The molecule has 0 amide bonds. The van der Waals surface area contributed by atoms with Crippen molar-refractivity contribution in [3.8, 4) is 0 Å². The van der Waals surface area contributed by atoms with E-state index in [4.69, 9.17) is 5.11 Å². The van der Waals surface area contributed by atoms with E-state index in [0.717, 1.165) is 0 Å². The highest BCUT2D eigenvalue weighted by Crippen LogP contribution is 2.24. The quantitative estimate of drug-likeness (QED) is 0.672. The molecule has 1 aliphatic rings. The van der Waals surface area contributed by atoms with Gasteiger partial charge in [-0.15, -0.1) is 0 Å². The van der Waals surface area contributed by atoms with Crippen LogP contribution in [0.2, 0.25) is 0 Å². The molecular formula is C7H11F4NO. The second-order valence-corrected chi connectivity index (χ2v) is 3.21. The van der Waals surface area contributed by atoms with Crippen molar-refractivity contribution in [2.75, 3.05) is 19.6 Å². The monoisotopic (exact) mass is 201 g/mol. The SMILES string of the molecule is O[C@@H]1CCN(CC(F)C(F)(F)F)C1. The van der Waals surface area contributed by atoms with Crippen molar-refractivity contribution in [1.29, 1.82) is 0 Å². The number of aliphatic hydroxyl groups is 1. The van der Waals surface area contributed by atoms with Gasteiger partial charge in [0, 0.05) is 19.6 Å². The standard InChI is InChI=1S/C7H11F4NO/c8-6(7(9,10)11)4-12-2-1-5(13)3-12/h5-6,13H,1-4H2/t5-,6?/m1/s1. The van der Waals surface area contributed by atoms with Crippen LogP contribution in [0.25, 0.3) is 0 Å². The van der Waals surface area contributed by atoms with Gasteiger partial charge in [-0.05, 0) is 6.42 Å². The number of aliphatic hydroxyl groups excluding tert-OH is 1. The molecule has 13 heavy (non-hydrogen) atoms. The predicted octanol–water partition coefficient (Wildman–Crippen LogP) is 0.953. The van der Waals surface area contributed by atoms with Crippen LogP contribution >= 0.6 is 0 Å². The molecule has 1 aliphatic heterocycles. The Kier molecular flexibility index (Phi) is 3.13. The Morgan fingerprint density at radius 2 is 2.08 bits per heavy atom. The second-order valence-electron chi connectivity index (χ2n) is 3.21. The summed E-state index contributed by atoms with van der Waals surface area (Å²) < 4.78 is 47.6. The Labute approximate surface area is 73.1 Å². The highest BCUT2D eigenvalue weighted by atomic mass is 19.4. The van der Waals surface area contributed by atoms with E-state index in [1.165, 1.54) is 4.90 Å². The van der Waals surface area contributed by atoms with E-state index in [1.54, 1.807) is 0 Å². The fourth-order valence-corrected chi connectivity index (χ4v) is 1.31. The van der Waals surface area contributed by atoms with Gasteiger partial charge < -0.3 is 5.11 Å². The maximum atomic E-state index is 12.4. The first kappa shape index (κ1) is 10.7. The van der Waals surface area contributed by atoms with Crippen molar-refractivity contribution in [3.05, 3.63) is 0 Å². The summed E-state index contributed by atoms with van der Waals surface area (Å²) in [5.41, 5.74) is 0. The van der Waals surface area contributed by atoms with Gasteiger partial charge in [0.15, 0.2) is 0 Å². The van der Waals surface area contributed by atoms with Crippen molar-refractivity contribution in [2.24, 2.45) is 0 Å². The largest absolute Gasteiger partial charge is 0.420 e. The molecule has 1 rings (SSSR count). The van der Waals surface area contributed by atoms with E-state index in [-0.39, 0.29) is 6.54 Å². The first-order valence-electron chi connectivity index (χ1n) is 4.01. The summed E-state index contributed by atoms with van der Waals surface area (Å²) in [5.74, 6) is 0. The summed E-state index contributed by atoms with van der Waals surface area (Å²) in [5, 5.41) is 8.97. The Hall–Kier alpha value is -0.360. The molecule has 2 atom stereocenters. The molecule has 1 heterocycles. The summed E-state index contributed by atoms with van der Waals surface area (Å²) in [6.45, 7) is -0.200. The van der Waals surface area contributed by atoms with Crippen molar-refractivity contribution in [3.63, 3.8) is 0 Å². The van der Waals surface area contributed by atoms with Crippen LogP contribution in [0.5, 0.6) is 0 Å². The molecule has 0 radical (unpaired) electrons. The number of hydrogen-bond acceptors (Lipinski definition) is 2. The molecule has 0 aromatic rings. The molecule has 78 valence electrons. The predicted molar refractivity (Wildman–Crippen MR) is 38.0 cm³/mol. The minimum Gasteiger partial charge on any atom is -0.392 e. The lowest BCUT2D eigenvalue weighted by molar-refractivity contribution is -0.184. The fraction of sp³-hybridized carbons (Fsp3) is 1.00. The average molecular weight is 201 g/mol. The van der Waals surface area contributed by atoms with Crippen LogP contribution in [0.3, 0.4) is 0 Å². The lowest BCUT2D eigenvalue weighted by Crippen LogP contribution is -2.37. The smallest absolute Gasteiger partial charge is 0.392 e. The van der Waals surface area contributed by atoms with Crippen molar-refractivity contribution in [1.82, 2.24) is 4.90 Å². The number of halogens is 4. The van der Waals surface area contributed by atoms with E-state index in [9.17, 15) is 17.6 Å². The van der Waals surface area contributed by atoms with Crippen LogP contribution in [-0.2, 0) is 0 Å². The number of rotatable bonds is 2. The van der Waals surface area contributed by atoms with Crippen molar-refractivity contribution in [2.45, 2.75) is 24.9 Å². The van der Waals surface area contributed by atoms with Gasteiger partial charge in [-0.3, -0.25) is 4.90 Å². The molecule has 0 aromatic heterocycles. The zero-order valence-corrected chi connectivity index (χ0v) is 6.89. The minimum atomic E-state index is -4.78. The van der Waals surface area contributed by atoms with Gasteiger partial charge in [-0.25, -0.2) is 4.39 Å². The van der Waals surface area contributed by atoms with Gasteiger partial charge in [0.2, 0.25) is 6.17 Å². The number of hydrogen-bond donors (Lipinski definition) is 1. The summed E-state index contributed by atoms with van der Waals surface area (Å²) >= 11 is 0. The molecule has 0 aliphatic carbocycles. The molecule has 2 nitrogen and oxygen atoms in total. The van der Waals surface area contributed by atoms with Gasteiger partial charge in [-0.2, -0.15) is 13.2 Å². The van der Waals surface area contributed by atoms with Gasteiger partial charge in [0.1, 0.15) is 0 Å². The first-order chi connectivity index (χ1) is 5.89. The zero-order chi connectivity index (χ0) is 10.1. The van der Waals surface area contributed by atoms with E-state index in [1.807, 2.05) is 0 Å². The molecule has 0 aromatic carbocycles. The van der Waals surface area contributed by atoms with E-state index in [2.05, 4.69) is 0 Å². The zero-order valence-electron chi connectivity index (χ0n) is 6.89. The Morgan fingerprint density at radius 1 is 1.46 bits per heavy atom. The maximum absolute atomic E-state index is 12.4. The van der Waals surface area contributed by atoms with Crippen LogP contribution in [0.1, 0.15) is 6.42 Å². The van der Waals surface area contributed by atoms with Gasteiger partial charge in [0.25, 0.3) is 0 Å². The summed E-state index contributed by atoms with van der Waals surface area (Å²) in [6.07, 6.45) is -7.78. The van der Waals surface area contributed by atoms with Crippen molar-refractivity contribution < 1.29 is 22.7 Å². The van der Waals surface area contributed by atoms with E-state index >= 15 is 0 Å². The molecule has 0 saturated carbocycles. The Bertz CT molecular complexity index is 172. The summed E-state index contributed by atoms with van der Waals surface area (Å²) in [7, 11) is 0. The molecule has 1 unspecified atom stereocenters. The molecule has 0 bridgehead atoms. The first-order valence-corrected chi connectivity index (χ1v) is 4.01. The summed E-state index contributed by atoms with van der Waals surface area (Å²) in [4.78, 5) is 1.28. The van der Waals surface area contributed by atoms with Crippen LogP contribution < -0.4 is 0 Å².